The number of hydrogen-bond acceptors (Lipinski definition) is 2. The van der Waals surface area contributed by atoms with E-state index in [-0.39, 0.29) is 5.92 Å². The van der Waals surface area contributed by atoms with Gasteiger partial charge in [0, 0.05) is 23.6 Å². The van der Waals surface area contributed by atoms with Crippen molar-refractivity contribution in [3.63, 3.8) is 0 Å². The van der Waals surface area contributed by atoms with Gasteiger partial charge in [-0.15, -0.1) is 0 Å². The van der Waals surface area contributed by atoms with Gasteiger partial charge in [-0.3, -0.25) is 9.98 Å². The van der Waals surface area contributed by atoms with Crippen molar-refractivity contribution >= 4 is 11.4 Å². The quantitative estimate of drug-likeness (QED) is 0.682. The van der Waals surface area contributed by atoms with Crippen LogP contribution in [0.25, 0.3) is 0 Å². The Morgan fingerprint density at radius 2 is 1.85 bits per heavy atom. The Morgan fingerprint density at radius 1 is 1.00 bits per heavy atom. The molecule has 98 valence electrons. The minimum absolute atomic E-state index is 0.280. The molecule has 0 aromatic carbocycles. The van der Waals surface area contributed by atoms with Crippen LogP contribution in [0.1, 0.15) is 13.8 Å². The monoisotopic (exact) mass is 260 g/mol. The van der Waals surface area contributed by atoms with Gasteiger partial charge in [-0.05, 0) is 31.1 Å². The third-order valence-electron chi connectivity index (χ3n) is 4.38. The van der Waals surface area contributed by atoms with E-state index >= 15 is 0 Å². The molecule has 0 amide bonds. The van der Waals surface area contributed by atoms with Crippen molar-refractivity contribution in [2.45, 2.75) is 13.8 Å². The number of aliphatic imine (C=N–C) groups is 2. The van der Waals surface area contributed by atoms with Crippen LogP contribution in [-0.4, -0.2) is 11.4 Å². The molecule has 0 aromatic rings. The Kier molecular flexibility index (Phi) is 2.40. The molecule has 0 fully saturated rings. The van der Waals surface area contributed by atoms with Crippen LogP contribution >= 0.6 is 0 Å². The Balaban J connectivity index is 1.74. The molecule has 2 nitrogen and oxygen atoms in total. The first-order valence-electron chi connectivity index (χ1n) is 7.03. The maximum atomic E-state index is 4.85. The lowest BCUT2D eigenvalue weighted by Gasteiger charge is -2.17. The molecule has 4 rings (SSSR count). The fourth-order valence-electron chi connectivity index (χ4n) is 3.26. The zero-order chi connectivity index (χ0) is 13.7. The number of rotatable bonds is 1. The van der Waals surface area contributed by atoms with Gasteiger partial charge in [0.15, 0.2) is 0 Å². The SMILES string of the molecule is CC1=CC=CC2C(C3=C(C)C4C=CC=CC4=N3)=CN=C12. The average molecular weight is 260 g/mol. The summed E-state index contributed by atoms with van der Waals surface area (Å²) < 4.78 is 0. The highest BCUT2D eigenvalue weighted by Gasteiger charge is 2.33. The molecule has 2 heterocycles. The van der Waals surface area contributed by atoms with Gasteiger partial charge in [0.25, 0.3) is 0 Å². The predicted molar refractivity (Wildman–Crippen MR) is 83.8 cm³/mol. The molecule has 0 aromatic heterocycles. The van der Waals surface area contributed by atoms with Crippen LogP contribution in [0.4, 0.5) is 0 Å². The van der Waals surface area contributed by atoms with Crippen molar-refractivity contribution in [3.8, 4) is 0 Å². The Morgan fingerprint density at radius 3 is 2.70 bits per heavy atom. The van der Waals surface area contributed by atoms with E-state index in [1.165, 1.54) is 22.4 Å². The topological polar surface area (TPSA) is 24.7 Å². The van der Waals surface area contributed by atoms with Crippen molar-refractivity contribution in [1.82, 2.24) is 0 Å². The summed E-state index contributed by atoms with van der Waals surface area (Å²) >= 11 is 0. The van der Waals surface area contributed by atoms with Crippen molar-refractivity contribution in [2.75, 3.05) is 0 Å². The molecule has 0 saturated heterocycles. The number of nitrogens with zero attached hydrogens (tertiary/aromatic N) is 2. The van der Waals surface area contributed by atoms with Gasteiger partial charge >= 0.3 is 0 Å². The molecule has 2 atom stereocenters. The van der Waals surface area contributed by atoms with Crippen molar-refractivity contribution in [3.05, 3.63) is 71.1 Å². The largest absolute Gasteiger partial charge is 0.260 e. The normalized spacial score (nSPS) is 29.9. The van der Waals surface area contributed by atoms with Crippen LogP contribution in [0.3, 0.4) is 0 Å². The fourth-order valence-corrected chi connectivity index (χ4v) is 3.26. The third kappa shape index (κ3) is 1.51. The molecule has 2 aliphatic heterocycles. The van der Waals surface area contributed by atoms with Gasteiger partial charge < -0.3 is 0 Å². The highest BCUT2D eigenvalue weighted by Crippen LogP contribution is 2.40. The summed E-state index contributed by atoms with van der Waals surface area (Å²) in [5.41, 5.74) is 7.29. The minimum atomic E-state index is 0.280. The van der Waals surface area contributed by atoms with E-state index < -0.39 is 0 Å². The summed E-state index contributed by atoms with van der Waals surface area (Å²) in [4.78, 5) is 9.46. The van der Waals surface area contributed by atoms with E-state index in [1.54, 1.807) is 0 Å². The second-order valence-electron chi connectivity index (χ2n) is 5.60. The van der Waals surface area contributed by atoms with Crippen LogP contribution < -0.4 is 0 Å². The smallest absolute Gasteiger partial charge is 0.0689 e. The summed E-state index contributed by atoms with van der Waals surface area (Å²) in [6, 6.07) is 0. The maximum Gasteiger partial charge on any atom is 0.0689 e. The van der Waals surface area contributed by atoms with Gasteiger partial charge in [-0.2, -0.15) is 0 Å². The molecule has 0 bridgehead atoms. The van der Waals surface area contributed by atoms with E-state index in [0.29, 0.717) is 5.92 Å². The molecule has 0 radical (unpaired) electrons. The Bertz CT molecular complexity index is 733. The van der Waals surface area contributed by atoms with Crippen molar-refractivity contribution < 1.29 is 0 Å². The highest BCUT2D eigenvalue weighted by molar-refractivity contribution is 6.09. The van der Waals surface area contributed by atoms with Crippen molar-refractivity contribution in [2.24, 2.45) is 21.8 Å². The first kappa shape index (κ1) is 11.6. The van der Waals surface area contributed by atoms with Gasteiger partial charge in [0.1, 0.15) is 0 Å². The van der Waals surface area contributed by atoms with Gasteiger partial charge in [-0.25, -0.2) is 0 Å². The Hall–Kier alpha value is -2.22. The number of hydrogen-bond donors (Lipinski definition) is 0. The molecule has 0 spiro atoms. The zero-order valence-electron chi connectivity index (χ0n) is 11.7. The lowest BCUT2D eigenvalue weighted by Crippen LogP contribution is -2.15. The first-order chi connectivity index (χ1) is 9.75. The van der Waals surface area contributed by atoms with E-state index in [9.17, 15) is 0 Å². The minimum Gasteiger partial charge on any atom is -0.260 e. The van der Waals surface area contributed by atoms with E-state index in [4.69, 9.17) is 4.99 Å². The van der Waals surface area contributed by atoms with Crippen LogP contribution in [-0.2, 0) is 0 Å². The molecule has 0 saturated carbocycles. The van der Waals surface area contributed by atoms with Crippen LogP contribution in [0.15, 0.2) is 81.1 Å². The summed E-state index contributed by atoms with van der Waals surface area (Å²) in [5, 5.41) is 0. The molecule has 4 aliphatic rings. The summed E-state index contributed by atoms with van der Waals surface area (Å²) in [5.74, 6) is 0.631. The van der Waals surface area contributed by atoms with E-state index in [1.807, 2.05) is 6.20 Å². The second kappa shape index (κ2) is 4.14. The van der Waals surface area contributed by atoms with Crippen molar-refractivity contribution in [1.29, 1.82) is 0 Å². The first-order valence-corrected chi connectivity index (χ1v) is 7.03. The Labute approximate surface area is 119 Å². The fraction of sp³-hybridized carbons (Fsp3) is 0.222. The zero-order valence-corrected chi connectivity index (χ0v) is 11.7. The van der Waals surface area contributed by atoms with Gasteiger partial charge in [-0.1, -0.05) is 36.5 Å². The predicted octanol–water partition coefficient (Wildman–Crippen LogP) is 3.93. The number of allylic oxidation sites excluding steroid dienone is 10. The van der Waals surface area contributed by atoms with Crippen LogP contribution in [0.2, 0.25) is 0 Å². The molecular weight excluding hydrogens is 244 g/mol. The summed E-state index contributed by atoms with van der Waals surface area (Å²) in [6.07, 6.45) is 17.0. The number of fused-ring (bicyclic) bond motifs is 2. The second-order valence-corrected chi connectivity index (χ2v) is 5.60. The molecule has 2 aliphatic carbocycles. The molecule has 0 N–H and O–H groups in total. The molecule has 20 heavy (non-hydrogen) atoms. The van der Waals surface area contributed by atoms with E-state index in [2.05, 4.69) is 61.4 Å². The van der Waals surface area contributed by atoms with Gasteiger partial charge in [0.2, 0.25) is 0 Å². The molecule has 2 unspecified atom stereocenters. The maximum absolute atomic E-state index is 4.85. The summed E-state index contributed by atoms with van der Waals surface area (Å²) in [6.45, 7) is 4.31. The van der Waals surface area contributed by atoms with Crippen LogP contribution in [0, 0.1) is 11.8 Å². The lowest BCUT2D eigenvalue weighted by atomic mass is 9.85. The van der Waals surface area contributed by atoms with E-state index in [0.717, 1.165) is 11.4 Å². The average Bonchev–Trinajstić information content (AvgIpc) is 3.02. The third-order valence-corrected chi connectivity index (χ3v) is 4.38. The van der Waals surface area contributed by atoms with Gasteiger partial charge in [0.05, 0.1) is 17.1 Å². The standard InChI is InChI=1S/C18H16N2/c1-11-6-5-8-14-15(10-19-17(11)14)18-12(2)13-7-3-4-9-16(13)20-18/h3-10,13-14H,1-2H3. The molecule has 2 heteroatoms. The van der Waals surface area contributed by atoms with Crippen LogP contribution in [0.5, 0.6) is 0 Å². The highest BCUT2D eigenvalue weighted by atomic mass is 14.9. The molecular formula is C18H16N2. The lowest BCUT2D eigenvalue weighted by molar-refractivity contribution is 0.992. The summed E-state index contributed by atoms with van der Waals surface area (Å²) in [7, 11) is 0.